The summed E-state index contributed by atoms with van der Waals surface area (Å²) < 4.78 is 45.7. The molecule has 0 unspecified atom stereocenters. The zero-order chi connectivity index (χ0) is 18.8. The van der Waals surface area contributed by atoms with Crippen LogP contribution >= 0.6 is 0 Å². The van der Waals surface area contributed by atoms with Crippen molar-refractivity contribution in [2.24, 2.45) is 11.0 Å². The van der Waals surface area contributed by atoms with Crippen LogP contribution in [0.2, 0.25) is 0 Å². The van der Waals surface area contributed by atoms with Gasteiger partial charge < -0.3 is 9.84 Å². The molecule has 1 fully saturated rings. The quantitative estimate of drug-likeness (QED) is 0.883. The molecule has 1 saturated carbocycles. The standard InChI is InChI=1S/C18H21F3N2O3/c19-18(20,21)17(25)11-15(13-7-3-1-4-8-13)22-23(17)16(24)12-26-14-9-5-2-6-10-14/h2,5-6,9-10,13,25H,1,3-4,7-8,11-12H2/t17-/m1/s1. The Morgan fingerprint density at radius 3 is 2.50 bits per heavy atom. The number of nitrogens with zero attached hydrogens (tertiary/aromatic N) is 2. The van der Waals surface area contributed by atoms with Crippen molar-refractivity contribution < 1.29 is 27.8 Å². The third-order valence-corrected chi connectivity index (χ3v) is 4.88. The van der Waals surface area contributed by atoms with Crippen LogP contribution in [0.1, 0.15) is 38.5 Å². The first-order valence-electron chi connectivity index (χ1n) is 8.68. The number of rotatable bonds is 4. The SMILES string of the molecule is O=C(COc1ccccc1)N1N=C(C2CCCCC2)C[C@@]1(O)C(F)(F)F. The number of carbonyl (C=O) groups is 1. The minimum Gasteiger partial charge on any atom is -0.484 e. The van der Waals surface area contributed by atoms with Crippen molar-refractivity contribution in [1.29, 1.82) is 0 Å². The Labute approximate surface area is 149 Å². The Kier molecular flexibility index (Phi) is 5.22. The molecule has 1 aliphatic carbocycles. The highest BCUT2D eigenvalue weighted by atomic mass is 19.4. The lowest BCUT2D eigenvalue weighted by Gasteiger charge is -2.32. The van der Waals surface area contributed by atoms with Crippen molar-refractivity contribution in [1.82, 2.24) is 5.01 Å². The van der Waals surface area contributed by atoms with Gasteiger partial charge in [0.2, 0.25) is 0 Å². The first-order valence-corrected chi connectivity index (χ1v) is 8.68. The van der Waals surface area contributed by atoms with Crippen LogP contribution in [0.25, 0.3) is 0 Å². The number of halogens is 3. The molecule has 142 valence electrons. The van der Waals surface area contributed by atoms with E-state index >= 15 is 0 Å². The Morgan fingerprint density at radius 2 is 1.88 bits per heavy atom. The number of hydrazone groups is 1. The number of amides is 1. The summed E-state index contributed by atoms with van der Waals surface area (Å²) in [5.74, 6) is -0.794. The highest BCUT2D eigenvalue weighted by Crippen LogP contribution is 2.43. The third-order valence-electron chi connectivity index (χ3n) is 4.88. The summed E-state index contributed by atoms with van der Waals surface area (Å²) in [6, 6.07) is 8.29. The van der Waals surface area contributed by atoms with Crippen LogP contribution in [-0.2, 0) is 4.79 Å². The fourth-order valence-corrected chi connectivity index (χ4v) is 3.44. The molecule has 2 aliphatic rings. The van der Waals surface area contributed by atoms with Gasteiger partial charge in [0.25, 0.3) is 11.6 Å². The van der Waals surface area contributed by atoms with Gasteiger partial charge in [-0.2, -0.15) is 23.3 Å². The van der Waals surface area contributed by atoms with Crippen molar-refractivity contribution in [2.75, 3.05) is 6.61 Å². The molecule has 3 rings (SSSR count). The molecule has 0 radical (unpaired) electrons. The average molecular weight is 370 g/mol. The van der Waals surface area contributed by atoms with Gasteiger partial charge in [0.1, 0.15) is 5.75 Å². The molecule has 8 heteroatoms. The number of para-hydroxylation sites is 1. The van der Waals surface area contributed by atoms with Gasteiger partial charge >= 0.3 is 6.18 Å². The summed E-state index contributed by atoms with van der Waals surface area (Å²) in [5.41, 5.74) is -3.06. The van der Waals surface area contributed by atoms with Gasteiger partial charge in [-0.3, -0.25) is 4.79 Å². The van der Waals surface area contributed by atoms with Gasteiger partial charge in [-0.25, -0.2) is 0 Å². The molecule has 5 nitrogen and oxygen atoms in total. The smallest absolute Gasteiger partial charge is 0.438 e. The molecule has 1 heterocycles. The van der Waals surface area contributed by atoms with Crippen LogP contribution in [0.3, 0.4) is 0 Å². The number of carbonyl (C=O) groups excluding carboxylic acids is 1. The Morgan fingerprint density at radius 1 is 1.23 bits per heavy atom. The largest absolute Gasteiger partial charge is 0.484 e. The van der Waals surface area contributed by atoms with Gasteiger partial charge in [-0.1, -0.05) is 37.5 Å². The molecule has 0 spiro atoms. The van der Waals surface area contributed by atoms with Gasteiger partial charge in [-0.05, 0) is 30.9 Å². The highest BCUT2D eigenvalue weighted by Gasteiger charge is 2.63. The molecule has 1 atom stereocenters. The van der Waals surface area contributed by atoms with Crippen LogP contribution in [0.5, 0.6) is 5.75 Å². The second-order valence-corrected chi connectivity index (χ2v) is 6.72. The maximum absolute atomic E-state index is 13.5. The van der Waals surface area contributed by atoms with Gasteiger partial charge in [0, 0.05) is 12.1 Å². The second kappa shape index (κ2) is 7.26. The number of ether oxygens (including phenoxy) is 1. The highest BCUT2D eigenvalue weighted by molar-refractivity contribution is 5.92. The van der Waals surface area contributed by atoms with Crippen molar-refractivity contribution in [3.05, 3.63) is 30.3 Å². The number of hydrogen-bond acceptors (Lipinski definition) is 4. The molecule has 0 bridgehead atoms. The lowest BCUT2D eigenvalue weighted by atomic mass is 9.83. The van der Waals surface area contributed by atoms with E-state index in [4.69, 9.17) is 4.74 Å². The lowest BCUT2D eigenvalue weighted by Crippen LogP contribution is -2.57. The molecule has 1 aromatic rings. The number of aliphatic hydroxyl groups is 1. The summed E-state index contributed by atoms with van der Waals surface area (Å²) in [6.07, 6.45) is -1.36. The van der Waals surface area contributed by atoms with E-state index in [9.17, 15) is 23.1 Å². The van der Waals surface area contributed by atoms with E-state index in [1.807, 2.05) is 0 Å². The Balaban J connectivity index is 1.77. The third kappa shape index (κ3) is 3.70. The van der Waals surface area contributed by atoms with Crippen molar-refractivity contribution >= 4 is 11.6 Å². The monoisotopic (exact) mass is 370 g/mol. The lowest BCUT2D eigenvalue weighted by molar-refractivity contribution is -0.302. The summed E-state index contributed by atoms with van der Waals surface area (Å²) in [6.45, 7) is -0.635. The fourth-order valence-electron chi connectivity index (χ4n) is 3.44. The number of benzene rings is 1. The van der Waals surface area contributed by atoms with Crippen molar-refractivity contribution in [2.45, 2.75) is 50.4 Å². The van der Waals surface area contributed by atoms with E-state index in [2.05, 4.69) is 5.10 Å². The molecule has 0 saturated heterocycles. The topological polar surface area (TPSA) is 62.1 Å². The fraction of sp³-hybridized carbons (Fsp3) is 0.556. The van der Waals surface area contributed by atoms with E-state index in [-0.39, 0.29) is 16.6 Å². The summed E-state index contributed by atoms with van der Waals surface area (Å²) >= 11 is 0. The maximum Gasteiger partial charge on any atom is 0.438 e. The van der Waals surface area contributed by atoms with Gasteiger partial charge in [0.15, 0.2) is 6.61 Å². The van der Waals surface area contributed by atoms with E-state index in [0.717, 1.165) is 32.1 Å². The number of hydrogen-bond donors (Lipinski definition) is 1. The van der Waals surface area contributed by atoms with Crippen molar-refractivity contribution in [3.8, 4) is 5.75 Å². The minimum atomic E-state index is -5.00. The normalized spacial score (nSPS) is 24.5. The zero-order valence-electron chi connectivity index (χ0n) is 14.2. The molecule has 0 aromatic heterocycles. The van der Waals surface area contributed by atoms with Crippen LogP contribution in [0.15, 0.2) is 35.4 Å². The molecule has 1 aliphatic heterocycles. The average Bonchev–Trinajstić information content (AvgIpc) is 3.00. The molecule has 1 N–H and O–H groups in total. The van der Waals surface area contributed by atoms with E-state index in [1.54, 1.807) is 30.3 Å². The molecule has 26 heavy (non-hydrogen) atoms. The van der Waals surface area contributed by atoms with E-state index < -0.39 is 30.8 Å². The maximum atomic E-state index is 13.5. The van der Waals surface area contributed by atoms with Gasteiger partial charge in [-0.15, -0.1) is 0 Å². The molecular weight excluding hydrogens is 349 g/mol. The summed E-state index contributed by atoms with van der Waals surface area (Å²) in [4.78, 5) is 12.3. The van der Waals surface area contributed by atoms with Gasteiger partial charge in [0.05, 0.1) is 0 Å². The predicted molar refractivity (Wildman–Crippen MR) is 88.4 cm³/mol. The van der Waals surface area contributed by atoms with Crippen LogP contribution in [0, 0.1) is 5.92 Å². The Hall–Kier alpha value is -2.09. The van der Waals surface area contributed by atoms with Crippen molar-refractivity contribution in [3.63, 3.8) is 0 Å². The first kappa shape index (κ1) is 18.7. The van der Waals surface area contributed by atoms with E-state index in [0.29, 0.717) is 5.75 Å². The zero-order valence-corrected chi connectivity index (χ0v) is 14.2. The first-order chi connectivity index (χ1) is 12.3. The summed E-state index contributed by atoms with van der Waals surface area (Å²) in [7, 11) is 0. The second-order valence-electron chi connectivity index (χ2n) is 6.72. The number of alkyl halides is 3. The Bertz CT molecular complexity index is 672. The summed E-state index contributed by atoms with van der Waals surface area (Å²) in [5, 5.41) is 14.3. The molecular formula is C18H21F3N2O3. The van der Waals surface area contributed by atoms with Crippen LogP contribution in [0.4, 0.5) is 13.2 Å². The van der Waals surface area contributed by atoms with E-state index in [1.165, 1.54) is 0 Å². The molecule has 1 aromatic carbocycles. The van der Waals surface area contributed by atoms with Crippen LogP contribution in [-0.4, -0.2) is 40.2 Å². The minimum absolute atomic E-state index is 0.120. The van der Waals surface area contributed by atoms with Crippen LogP contribution < -0.4 is 4.74 Å². The predicted octanol–water partition coefficient (Wildman–Crippen LogP) is 3.48. The molecule has 1 amide bonds.